The minimum atomic E-state index is -0.608. The smallest absolute Gasteiger partial charge is 0.407 e. The van der Waals surface area contributed by atoms with E-state index < -0.39 is 11.7 Å². The van der Waals surface area contributed by atoms with Crippen LogP contribution in [0, 0.1) is 5.82 Å². The first kappa shape index (κ1) is 27.0. The summed E-state index contributed by atoms with van der Waals surface area (Å²) in [6.45, 7) is 6.29. The summed E-state index contributed by atoms with van der Waals surface area (Å²) in [6.07, 6.45) is -0.538. The van der Waals surface area contributed by atoms with Crippen molar-refractivity contribution in [3.05, 3.63) is 81.8 Å². The molecule has 2 aromatic carbocycles. The van der Waals surface area contributed by atoms with Gasteiger partial charge in [-0.05, 0) is 56.5 Å². The number of ether oxygens (including phenoxy) is 3. The van der Waals surface area contributed by atoms with E-state index in [1.165, 1.54) is 13.2 Å². The Kier molecular flexibility index (Phi) is 9.30. The fraction of sp³-hybridized carbons (Fsp3) is 0.333. The van der Waals surface area contributed by atoms with E-state index in [0.29, 0.717) is 29.2 Å². The van der Waals surface area contributed by atoms with Gasteiger partial charge in [-0.15, -0.1) is 11.3 Å². The fourth-order valence-corrected chi connectivity index (χ4v) is 4.04. The van der Waals surface area contributed by atoms with Gasteiger partial charge >= 0.3 is 6.09 Å². The Hall–Kier alpha value is -3.59. The summed E-state index contributed by atoms with van der Waals surface area (Å²) in [7, 11) is 1.48. The zero-order chi connectivity index (χ0) is 26.1. The standard InChI is InChI=1S/C27H31FN2O5S/c1-27(2,3)35-26(32)29-13-14-30(17-21-9-7-15-36-21)25(31)19-11-12-23(24(16-19)33-4)34-18-20-8-5-6-10-22(20)28/h5-12,15-16H,13-14,17-18H2,1-4H3,(H,29,32). The lowest BCUT2D eigenvalue weighted by atomic mass is 10.1. The highest BCUT2D eigenvalue weighted by atomic mass is 32.1. The van der Waals surface area contributed by atoms with Crippen LogP contribution in [0.1, 0.15) is 41.6 Å². The molecule has 36 heavy (non-hydrogen) atoms. The summed E-state index contributed by atoms with van der Waals surface area (Å²) in [5.74, 6) is 0.176. The van der Waals surface area contributed by atoms with Crippen LogP contribution in [0.2, 0.25) is 0 Å². The molecule has 3 rings (SSSR count). The molecule has 0 fully saturated rings. The molecular weight excluding hydrogens is 483 g/mol. The van der Waals surface area contributed by atoms with Crippen molar-refractivity contribution in [2.24, 2.45) is 0 Å². The molecule has 0 unspecified atom stereocenters. The number of carbonyl (C=O) groups excluding carboxylic acids is 2. The van der Waals surface area contributed by atoms with Gasteiger partial charge < -0.3 is 24.4 Å². The number of carbonyl (C=O) groups is 2. The Balaban J connectivity index is 1.71. The summed E-state index contributed by atoms with van der Waals surface area (Å²) in [4.78, 5) is 28.1. The van der Waals surface area contributed by atoms with Gasteiger partial charge in [0.2, 0.25) is 0 Å². The number of nitrogens with zero attached hydrogens (tertiary/aromatic N) is 1. The first-order valence-electron chi connectivity index (χ1n) is 11.5. The third-order valence-electron chi connectivity index (χ3n) is 5.02. The van der Waals surface area contributed by atoms with Crippen LogP contribution >= 0.6 is 11.3 Å². The number of hydrogen-bond acceptors (Lipinski definition) is 6. The van der Waals surface area contributed by atoms with Gasteiger partial charge in [0.1, 0.15) is 18.0 Å². The molecule has 0 saturated carbocycles. The second-order valence-electron chi connectivity index (χ2n) is 8.98. The molecule has 2 amide bonds. The lowest BCUT2D eigenvalue weighted by Gasteiger charge is -2.24. The minimum Gasteiger partial charge on any atom is -0.493 e. The van der Waals surface area contributed by atoms with Gasteiger partial charge in [-0.1, -0.05) is 24.3 Å². The van der Waals surface area contributed by atoms with Gasteiger partial charge in [0, 0.05) is 29.1 Å². The number of alkyl carbamates (subject to hydrolysis) is 1. The molecule has 1 heterocycles. The highest BCUT2D eigenvalue weighted by molar-refractivity contribution is 7.09. The molecule has 3 aromatic rings. The van der Waals surface area contributed by atoms with E-state index in [1.807, 2.05) is 17.5 Å². The van der Waals surface area contributed by atoms with Crippen molar-refractivity contribution in [1.82, 2.24) is 10.2 Å². The number of hydrogen-bond donors (Lipinski definition) is 1. The van der Waals surface area contributed by atoms with Crippen molar-refractivity contribution in [2.45, 2.75) is 39.5 Å². The first-order valence-corrected chi connectivity index (χ1v) is 12.4. The van der Waals surface area contributed by atoms with Crippen LogP contribution in [-0.2, 0) is 17.9 Å². The number of methoxy groups -OCH3 is 1. The second kappa shape index (κ2) is 12.4. The van der Waals surface area contributed by atoms with Gasteiger partial charge in [-0.2, -0.15) is 0 Å². The first-order chi connectivity index (χ1) is 17.2. The molecule has 0 saturated heterocycles. The molecule has 0 aliphatic rings. The Bertz CT molecular complexity index is 1160. The van der Waals surface area contributed by atoms with Gasteiger partial charge in [0.15, 0.2) is 11.5 Å². The summed E-state index contributed by atoms with van der Waals surface area (Å²) in [5.41, 5.74) is 0.210. The van der Waals surface area contributed by atoms with E-state index in [9.17, 15) is 14.0 Å². The number of nitrogens with one attached hydrogen (secondary N) is 1. The second-order valence-corrected chi connectivity index (χ2v) is 10.0. The maximum atomic E-state index is 13.9. The summed E-state index contributed by atoms with van der Waals surface area (Å²) >= 11 is 1.55. The van der Waals surface area contributed by atoms with Crippen molar-refractivity contribution in [1.29, 1.82) is 0 Å². The molecule has 0 atom stereocenters. The third-order valence-corrected chi connectivity index (χ3v) is 5.88. The van der Waals surface area contributed by atoms with Crippen LogP contribution in [0.5, 0.6) is 11.5 Å². The SMILES string of the molecule is COc1cc(C(=O)N(CCNC(=O)OC(C)(C)C)Cc2cccs2)ccc1OCc1ccccc1F. The van der Waals surface area contributed by atoms with Crippen LogP contribution in [0.3, 0.4) is 0 Å². The molecule has 1 aromatic heterocycles. The van der Waals surface area contributed by atoms with E-state index in [0.717, 1.165) is 4.88 Å². The van der Waals surface area contributed by atoms with Crippen molar-refractivity contribution in [3.63, 3.8) is 0 Å². The van der Waals surface area contributed by atoms with Crippen molar-refractivity contribution < 1.29 is 28.2 Å². The zero-order valence-electron chi connectivity index (χ0n) is 20.9. The highest BCUT2D eigenvalue weighted by Crippen LogP contribution is 2.30. The van der Waals surface area contributed by atoms with E-state index in [4.69, 9.17) is 14.2 Å². The number of rotatable bonds is 10. The van der Waals surface area contributed by atoms with Crippen LogP contribution in [-0.4, -0.2) is 42.7 Å². The minimum absolute atomic E-state index is 0.0250. The molecule has 0 spiro atoms. The average molecular weight is 515 g/mol. The Labute approximate surface area is 214 Å². The topological polar surface area (TPSA) is 77.1 Å². The summed E-state index contributed by atoms with van der Waals surface area (Å²) in [6, 6.07) is 15.1. The summed E-state index contributed by atoms with van der Waals surface area (Å²) < 4.78 is 30.4. The number of halogens is 1. The largest absolute Gasteiger partial charge is 0.493 e. The number of amides is 2. The average Bonchev–Trinajstić information content (AvgIpc) is 3.34. The normalized spacial score (nSPS) is 11.0. The van der Waals surface area contributed by atoms with Crippen LogP contribution in [0.4, 0.5) is 9.18 Å². The maximum Gasteiger partial charge on any atom is 0.407 e. The Morgan fingerprint density at radius 3 is 2.50 bits per heavy atom. The van der Waals surface area contributed by atoms with E-state index in [1.54, 1.807) is 73.4 Å². The molecule has 192 valence electrons. The van der Waals surface area contributed by atoms with Crippen LogP contribution in [0.25, 0.3) is 0 Å². The van der Waals surface area contributed by atoms with Crippen molar-refractivity contribution >= 4 is 23.3 Å². The van der Waals surface area contributed by atoms with Crippen molar-refractivity contribution in [2.75, 3.05) is 20.2 Å². The molecule has 0 radical (unpaired) electrons. The molecule has 1 N–H and O–H groups in total. The molecule has 0 bridgehead atoms. The predicted octanol–water partition coefficient (Wildman–Crippen LogP) is 5.64. The lowest BCUT2D eigenvalue weighted by Crippen LogP contribution is -2.40. The molecule has 0 aliphatic carbocycles. The van der Waals surface area contributed by atoms with Gasteiger partial charge in [0.25, 0.3) is 5.91 Å². The fourth-order valence-electron chi connectivity index (χ4n) is 3.32. The van der Waals surface area contributed by atoms with Crippen molar-refractivity contribution in [3.8, 4) is 11.5 Å². The van der Waals surface area contributed by atoms with Crippen LogP contribution < -0.4 is 14.8 Å². The molecular formula is C27H31FN2O5S. The summed E-state index contributed by atoms with van der Waals surface area (Å²) in [5, 5.41) is 4.64. The predicted molar refractivity (Wildman–Crippen MR) is 137 cm³/mol. The maximum absolute atomic E-state index is 13.9. The van der Waals surface area contributed by atoms with Gasteiger partial charge in [-0.3, -0.25) is 4.79 Å². The molecule has 0 aliphatic heterocycles. The zero-order valence-corrected chi connectivity index (χ0v) is 21.7. The third kappa shape index (κ3) is 7.98. The van der Waals surface area contributed by atoms with Gasteiger partial charge in [0.05, 0.1) is 13.7 Å². The Morgan fingerprint density at radius 1 is 1.06 bits per heavy atom. The Morgan fingerprint density at radius 2 is 1.83 bits per heavy atom. The number of thiophene rings is 1. The van der Waals surface area contributed by atoms with Crippen LogP contribution in [0.15, 0.2) is 60.0 Å². The molecule has 9 heteroatoms. The van der Waals surface area contributed by atoms with E-state index in [2.05, 4.69) is 5.32 Å². The highest BCUT2D eigenvalue weighted by Gasteiger charge is 2.20. The lowest BCUT2D eigenvalue weighted by molar-refractivity contribution is 0.0512. The van der Waals surface area contributed by atoms with Gasteiger partial charge in [-0.25, -0.2) is 9.18 Å². The van der Waals surface area contributed by atoms with E-state index in [-0.39, 0.29) is 31.4 Å². The van der Waals surface area contributed by atoms with E-state index >= 15 is 0 Å². The number of benzene rings is 2. The molecule has 7 nitrogen and oxygen atoms in total. The monoisotopic (exact) mass is 514 g/mol. The quantitative estimate of drug-likeness (QED) is 0.379.